The number of carbonyl (C=O) groups excluding carboxylic acids is 1. The van der Waals surface area contributed by atoms with E-state index in [0.29, 0.717) is 12.5 Å². The second kappa shape index (κ2) is 6.73. The SMILES string of the molecule is CC(C)CNC(=O)N1CCCC1Cc1ccc(F)cc1. The number of halogens is 1. The molecule has 1 fully saturated rings. The van der Waals surface area contributed by atoms with Crippen LogP contribution in [-0.2, 0) is 6.42 Å². The maximum absolute atomic E-state index is 12.9. The van der Waals surface area contributed by atoms with Crippen molar-refractivity contribution >= 4 is 6.03 Å². The van der Waals surface area contributed by atoms with Crippen molar-refractivity contribution < 1.29 is 9.18 Å². The van der Waals surface area contributed by atoms with Crippen LogP contribution in [-0.4, -0.2) is 30.1 Å². The number of nitrogens with one attached hydrogen (secondary N) is 1. The summed E-state index contributed by atoms with van der Waals surface area (Å²) < 4.78 is 12.9. The van der Waals surface area contributed by atoms with E-state index < -0.39 is 0 Å². The molecule has 0 radical (unpaired) electrons. The minimum atomic E-state index is -0.216. The number of carbonyl (C=O) groups is 1. The van der Waals surface area contributed by atoms with Crippen LogP contribution in [0.4, 0.5) is 9.18 Å². The van der Waals surface area contributed by atoms with Crippen LogP contribution in [0.15, 0.2) is 24.3 Å². The van der Waals surface area contributed by atoms with Crippen LogP contribution < -0.4 is 5.32 Å². The molecule has 0 spiro atoms. The summed E-state index contributed by atoms with van der Waals surface area (Å²) in [7, 11) is 0. The predicted molar refractivity (Wildman–Crippen MR) is 78.1 cm³/mol. The molecule has 0 aliphatic carbocycles. The Kier molecular flexibility index (Phi) is 4.99. The Bertz CT molecular complexity index is 444. The Hall–Kier alpha value is -1.58. The van der Waals surface area contributed by atoms with Crippen molar-refractivity contribution in [1.82, 2.24) is 10.2 Å². The van der Waals surface area contributed by atoms with Crippen LogP contribution in [0.2, 0.25) is 0 Å². The molecule has 1 aromatic carbocycles. The number of likely N-dealkylation sites (tertiary alicyclic amines) is 1. The fraction of sp³-hybridized carbons (Fsp3) is 0.562. The third-order valence-electron chi connectivity index (χ3n) is 3.68. The molecule has 0 aromatic heterocycles. The number of benzene rings is 1. The van der Waals surface area contributed by atoms with E-state index in [4.69, 9.17) is 0 Å². The van der Waals surface area contributed by atoms with Gasteiger partial charge in [0.2, 0.25) is 0 Å². The fourth-order valence-corrected chi connectivity index (χ4v) is 2.60. The summed E-state index contributed by atoms with van der Waals surface area (Å²) >= 11 is 0. The Morgan fingerprint density at radius 1 is 1.40 bits per heavy atom. The van der Waals surface area contributed by atoms with Gasteiger partial charge in [0.25, 0.3) is 0 Å². The van der Waals surface area contributed by atoms with Gasteiger partial charge in [0.15, 0.2) is 0 Å². The fourth-order valence-electron chi connectivity index (χ4n) is 2.60. The molecular weight excluding hydrogens is 255 g/mol. The number of nitrogens with zero attached hydrogens (tertiary/aromatic N) is 1. The summed E-state index contributed by atoms with van der Waals surface area (Å²) in [5.41, 5.74) is 1.08. The lowest BCUT2D eigenvalue weighted by Gasteiger charge is -2.25. The normalized spacial score (nSPS) is 18.6. The highest BCUT2D eigenvalue weighted by atomic mass is 19.1. The van der Waals surface area contributed by atoms with Crippen molar-refractivity contribution in [1.29, 1.82) is 0 Å². The van der Waals surface area contributed by atoms with Crippen molar-refractivity contribution in [2.75, 3.05) is 13.1 Å². The van der Waals surface area contributed by atoms with Crippen LogP contribution in [0.1, 0.15) is 32.3 Å². The average molecular weight is 278 g/mol. The largest absolute Gasteiger partial charge is 0.338 e. The van der Waals surface area contributed by atoms with Gasteiger partial charge in [-0.3, -0.25) is 0 Å². The van der Waals surface area contributed by atoms with Crippen molar-refractivity contribution in [2.24, 2.45) is 5.92 Å². The lowest BCUT2D eigenvalue weighted by Crippen LogP contribution is -2.44. The first-order valence-corrected chi connectivity index (χ1v) is 7.35. The molecular formula is C16H23FN2O. The van der Waals surface area contributed by atoms with Gasteiger partial charge in [-0.25, -0.2) is 9.18 Å². The van der Waals surface area contributed by atoms with Crippen LogP contribution in [0.25, 0.3) is 0 Å². The number of amides is 2. The molecule has 1 heterocycles. The van der Waals surface area contributed by atoms with E-state index in [1.165, 1.54) is 12.1 Å². The van der Waals surface area contributed by atoms with Gasteiger partial charge in [-0.15, -0.1) is 0 Å². The zero-order valence-electron chi connectivity index (χ0n) is 12.2. The summed E-state index contributed by atoms with van der Waals surface area (Å²) in [6.07, 6.45) is 2.86. The standard InChI is InChI=1S/C16H23FN2O/c1-12(2)11-18-16(20)19-9-3-4-15(19)10-13-5-7-14(17)8-6-13/h5-8,12,15H,3-4,9-11H2,1-2H3,(H,18,20). The maximum Gasteiger partial charge on any atom is 0.317 e. The van der Waals surface area contributed by atoms with Gasteiger partial charge in [0, 0.05) is 19.1 Å². The van der Waals surface area contributed by atoms with E-state index in [0.717, 1.165) is 31.4 Å². The molecule has 20 heavy (non-hydrogen) atoms. The summed E-state index contributed by atoms with van der Waals surface area (Å²) in [5.74, 6) is 0.240. The Labute approximate surface area is 120 Å². The smallest absolute Gasteiger partial charge is 0.317 e. The molecule has 1 aromatic rings. The van der Waals surface area contributed by atoms with Gasteiger partial charge in [0.05, 0.1) is 0 Å². The average Bonchev–Trinajstić information content (AvgIpc) is 2.87. The van der Waals surface area contributed by atoms with Crippen molar-refractivity contribution in [3.05, 3.63) is 35.6 Å². The number of hydrogen-bond donors (Lipinski definition) is 1. The topological polar surface area (TPSA) is 32.3 Å². The lowest BCUT2D eigenvalue weighted by atomic mass is 10.0. The molecule has 110 valence electrons. The molecule has 4 heteroatoms. The number of hydrogen-bond acceptors (Lipinski definition) is 1. The Morgan fingerprint density at radius 3 is 2.75 bits per heavy atom. The summed E-state index contributed by atoms with van der Waals surface area (Å²) in [5, 5.41) is 2.98. The van der Waals surface area contributed by atoms with E-state index in [1.807, 2.05) is 4.90 Å². The number of rotatable bonds is 4. The highest BCUT2D eigenvalue weighted by Gasteiger charge is 2.28. The van der Waals surface area contributed by atoms with E-state index in [2.05, 4.69) is 19.2 Å². The summed E-state index contributed by atoms with van der Waals surface area (Å²) in [6.45, 7) is 5.69. The molecule has 0 bridgehead atoms. The lowest BCUT2D eigenvalue weighted by molar-refractivity contribution is 0.191. The third kappa shape index (κ3) is 3.95. The molecule has 1 aliphatic heterocycles. The third-order valence-corrected chi connectivity index (χ3v) is 3.68. The summed E-state index contributed by atoms with van der Waals surface area (Å²) in [6, 6.07) is 6.83. The number of urea groups is 1. The van der Waals surface area contributed by atoms with E-state index in [9.17, 15) is 9.18 Å². The van der Waals surface area contributed by atoms with Crippen molar-refractivity contribution in [3.8, 4) is 0 Å². The molecule has 3 nitrogen and oxygen atoms in total. The minimum Gasteiger partial charge on any atom is -0.338 e. The Morgan fingerprint density at radius 2 is 2.10 bits per heavy atom. The Balaban J connectivity index is 1.93. The van der Waals surface area contributed by atoms with Gasteiger partial charge >= 0.3 is 6.03 Å². The minimum absolute atomic E-state index is 0.0308. The zero-order chi connectivity index (χ0) is 14.5. The summed E-state index contributed by atoms with van der Waals surface area (Å²) in [4.78, 5) is 14.1. The monoisotopic (exact) mass is 278 g/mol. The first kappa shape index (κ1) is 14.8. The second-order valence-corrected chi connectivity index (χ2v) is 5.90. The molecule has 2 amide bonds. The van der Waals surface area contributed by atoms with Gasteiger partial charge in [-0.05, 0) is 42.9 Å². The molecule has 1 N–H and O–H groups in total. The maximum atomic E-state index is 12.9. The van der Waals surface area contributed by atoms with Crippen LogP contribution in [0, 0.1) is 11.7 Å². The molecule has 1 aliphatic rings. The van der Waals surface area contributed by atoms with Gasteiger partial charge < -0.3 is 10.2 Å². The first-order valence-electron chi connectivity index (χ1n) is 7.35. The first-order chi connectivity index (χ1) is 9.56. The van der Waals surface area contributed by atoms with Crippen LogP contribution in [0.3, 0.4) is 0 Å². The van der Waals surface area contributed by atoms with Crippen molar-refractivity contribution in [2.45, 2.75) is 39.2 Å². The molecule has 1 unspecified atom stereocenters. The van der Waals surface area contributed by atoms with Crippen LogP contribution in [0.5, 0.6) is 0 Å². The van der Waals surface area contributed by atoms with Gasteiger partial charge in [-0.2, -0.15) is 0 Å². The molecule has 2 rings (SSSR count). The highest BCUT2D eigenvalue weighted by molar-refractivity contribution is 5.74. The quantitative estimate of drug-likeness (QED) is 0.901. The highest BCUT2D eigenvalue weighted by Crippen LogP contribution is 2.21. The van der Waals surface area contributed by atoms with Gasteiger partial charge in [-0.1, -0.05) is 26.0 Å². The van der Waals surface area contributed by atoms with E-state index >= 15 is 0 Å². The van der Waals surface area contributed by atoms with Crippen LogP contribution >= 0.6 is 0 Å². The van der Waals surface area contributed by atoms with E-state index in [1.54, 1.807) is 12.1 Å². The molecule has 0 saturated carbocycles. The van der Waals surface area contributed by atoms with Gasteiger partial charge in [0.1, 0.15) is 5.82 Å². The van der Waals surface area contributed by atoms with Crippen molar-refractivity contribution in [3.63, 3.8) is 0 Å². The van der Waals surface area contributed by atoms with E-state index in [-0.39, 0.29) is 17.9 Å². The zero-order valence-corrected chi connectivity index (χ0v) is 12.2. The second-order valence-electron chi connectivity index (χ2n) is 5.90. The molecule has 1 saturated heterocycles. The molecule has 1 atom stereocenters. The predicted octanol–water partition coefficient (Wildman–Crippen LogP) is 3.20.